The number of imide groups is 1. The van der Waals surface area contributed by atoms with Crippen molar-refractivity contribution in [3.63, 3.8) is 0 Å². The Balaban J connectivity index is 0.00000217. The molecule has 2 aromatic carbocycles. The molecular weight excluding hydrogens is 450 g/mol. The molecule has 3 fully saturated rings. The third-order valence-corrected chi connectivity index (χ3v) is 7.94. The van der Waals surface area contributed by atoms with Gasteiger partial charge in [-0.2, -0.15) is 0 Å². The number of piperidine rings is 1. The highest BCUT2D eigenvalue weighted by Crippen LogP contribution is 2.45. The summed E-state index contributed by atoms with van der Waals surface area (Å²) in [5.41, 5.74) is 3.51. The zero-order valence-corrected chi connectivity index (χ0v) is 19.4. The van der Waals surface area contributed by atoms with Crippen LogP contribution in [0.2, 0.25) is 0 Å². The van der Waals surface area contributed by atoms with Crippen molar-refractivity contribution in [3.05, 3.63) is 72.1 Å². The number of hydrogen-bond acceptors (Lipinski definition) is 4. The van der Waals surface area contributed by atoms with Gasteiger partial charge in [-0.3, -0.25) is 14.9 Å². The number of halogens is 1. The maximum Gasteiger partial charge on any atom is 0.235 e. The van der Waals surface area contributed by atoms with E-state index < -0.39 is 11.8 Å². The molecule has 3 aliphatic rings. The number of benzene rings is 2. The van der Waals surface area contributed by atoms with Gasteiger partial charge in [0.2, 0.25) is 11.8 Å². The predicted molar refractivity (Wildman–Crippen MR) is 132 cm³/mol. The van der Waals surface area contributed by atoms with Crippen molar-refractivity contribution in [3.8, 4) is 0 Å². The van der Waals surface area contributed by atoms with Gasteiger partial charge in [0.15, 0.2) is 0 Å². The van der Waals surface area contributed by atoms with Crippen LogP contribution in [0.5, 0.6) is 0 Å². The Morgan fingerprint density at radius 3 is 2.38 bits per heavy atom. The summed E-state index contributed by atoms with van der Waals surface area (Å²) in [5, 5.41) is 8.32. The molecule has 5 heterocycles. The minimum Gasteiger partial charge on any atom is -0.464 e. The summed E-state index contributed by atoms with van der Waals surface area (Å²) >= 11 is 0. The summed E-state index contributed by atoms with van der Waals surface area (Å²) in [5.74, 6) is -1.69. The Morgan fingerprint density at radius 1 is 0.853 bits per heavy atom. The molecule has 2 amide bonds. The van der Waals surface area contributed by atoms with Crippen molar-refractivity contribution in [2.45, 2.75) is 55.6 Å². The second-order valence-corrected chi connectivity index (χ2v) is 9.77. The van der Waals surface area contributed by atoms with E-state index in [9.17, 15) is 9.59 Å². The van der Waals surface area contributed by atoms with Crippen molar-refractivity contribution in [2.24, 2.45) is 0 Å². The lowest BCUT2D eigenvalue weighted by Gasteiger charge is -2.30. The van der Waals surface area contributed by atoms with E-state index in [1.807, 2.05) is 30.3 Å². The molecule has 7 heteroatoms. The minimum absolute atomic E-state index is 0. The van der Waals surface area contributed by atoms with Crippen LogP contribution in [-0.2, 0) is 9.59 Å². The minimum atomic E-state index is -0.615. The number of carbonyl (C=O) groups is 2. The lowest BCUT2D eigenvalue weighted by molar-refractivity contribution is -0.125. The molecule has 174 valence electrons. The number of nitrogens with zero attached hydrogens (tertiary/aromatic N) is 1. The summed E-state index contributed by atoms with van der Waals surface area (Å²) < 4.78 is 8.12. The van der Waals surface area contributed by atoms with Gasteiger partial charge >= 0.3 is 0 Å². The Bertz CT molecular complexity index is 1410. The first-order valence-corrected chi connectivity index (χ1v) is 11.8. The SMILES string of the molecule is Cl.O=C1NC(=O)C(c2cccc3ccoc23)C1c1cn(C2CC3CCC(C2)N3)c2ccccc12. The molecule has 2 aromatic heterocycles. The molecule has 2 bridgehead atoms. The average molecular weight is 476 g/mol. The molecule has 3 saturated heterocycles. The maximum atomic E-state index is 13.2. The molecule has 4 atom stereocenters. The van der Waals surface area contributed by atoms with Crippen LogP contribution in [-0.4, -0.2) is 28.5 Å². The molecule has 0 spiro atoms. The van der Waals surface area contributed by atoms with Crippen molar-refractivity contribution < 1.29 is 14.0 Å². The quantitative estimate of drug-likeness (QED) is 0.418. The summed E-state index contributed by atoms with van der Waals surface area (Å²) in [4.78, 5) is 26.3. The number of aromatic nitrogens is 1. The van der Waals surface area contributed by atoms with Crippen LogP contribution < -0.4 is 10.6 Å². The van der Waals surface area contributed by atoms with Gasteiger partial charge in [0.05, 0.1) is 18.1 Å². The van der Waals surface area contributed by atoms with Crippen LogP contribution in [0.1, 0.15) is 54.7 Å². The van der Waals surface area contributed by atoms with E-state index in [1.54, 1.807) is 6.26 Å². The van der Waals surface area contributed by atoms with E-state index in [0.29, 0.717) is 23.7 Å². The fourth-order valence-corrected chi connectivity index (χ4v) is 6.52. The van der Waals surface area contributed by atoms with Gasteiger partial charge in [-0.15, -0.1) is 12.4 Å². The Kier molecular flexibility index (Phi) is 5.04. The van der Waals surface area contributed by atoms with Crippen molar-refractivity contribution in [1.82, 2.24) is 15.2 Å². The second-order valence-electron chi connectivity index (χ2n) is 9.77. The largest absolute Gasteiger partial charge is 0.464 e. The first-order chi connectivity index (χ1) is 16.2. The van der Waals surface area contributed by atoms with Gasteiger partial charge < -0.3 is 14.3 Å². The number of amides is 2. The number of nitrogens with one attached hydrogen (secondary N) is 2. The molecule has 0 radical (unpaired) electrons. The fourth-order valence-electron chi connectivity index (χ4n) is 6.52. The Hall–Kier alpha value is -3.09. The van der Waals surface area contributed by atoms with E-state index in [4.69, 9.17) is 4.42 Å². The third-order valence-electron chi connectivity index (χ3n) is 7.94. The molecule has 2 N–H and O–H groups in total. The first-order valence-electron chi connectivity index (χ1n) is 11.8. The number of para-hydroxylation sites is 2. The standard InChI is InChI=1S/C27H25N3O3.ClH/c31-26-23(20-6-3-4-15-10-11-33-25(15)20)24(27(32)29-26)21-14-30(22-7-2-1-5-19(21)22)18-12-16-8-9-17(13-18)28-16;/h1-7,10-11,14,16-18,23-24,28H,8-9,12-13H2,(H,29,31,32);1H. The lowest BCUT2D eigenvalue weighted by Crippen LogP contribution is -2.38. The number of fused-ring (bicyclic) bond motifs is 4. The van der Waals surface area contributed by atoms with Gasteiger partial charge in [-0.25, -0.2) is 0 Å². The van der Waals surface area contributed by atoms with Gasteiger partial charge in [-0.1, -0.05) is 36.4 Å². The third kappa shape index (κ3) is 3.12. The van der Waals surface area contributed by atoms with Crippen molar-refractivity contribution in [1.29, 1.82) is 0 Å². The van der Waals surface area contributed by atoms with Crippen LogP contribution >= 0.6 is 12.4 Å². The number of carbonyl (C=O) groups excluding carboxylic acids is 2. The summed E-state index contributed by atoms with van der Waals surface area (Å²) in [7, 11) is 0. The van der Waals surface area contributed by atoms with Crippen LogP contribution in [0.25, 0.3) is 21.9 Å². The first kappa shape index (κ1) is 21.4. The highest BCUT2D eigenvalue weighted by atomic mass is 35.5. The van der Waals surface area contributed by atoms with Crippen molar-refractivity contribution >= 4 is 46.1 Å². The van der Waals surface area contributed by atoms with E-state index in [1.165, 1.54) is 12.8 Å². The van der Waals surface area contributed by atoms with Crippen LogP contribution in [0.4, 0.5) is 0 Å². The second kappa shape index (κ2) is 8.00. The summed E-state index contributed by atoms with van der Waals surface area (Å²) in [6.45, 7) is 0. The number of hydrogen-bond donors (Lipinski definition) is 2. The fraction of sp³-hybridized carbons (Fsp3) is 0.333. The van der Waals surface area contributed by atoms with Gasteiger partial charge in [0.1, 0.15) is 5.58 Å². The van der Waals surface area contributed by atoms with E-state index in [0.717, 1.165) is 40.3 Å². The maximum absolute atomic E-state index is 13.2. The molecule has 4 unspecified atom stereocenters. The molecule has 0 aliphatic carbocycles. The smallest absolute Gasteiger partial charge is 0.235 e. The Morgan fingerprint density at radius 2 is 1.59 bits per heavy atom. The molecule has 0 saturated carbocycles. The van der Waals surface area contributed by atoms with E-state index in [2.05, 4.69) is 39.6 Å². The van der Waals surface area contributed by atoms with Gasteiger partial charge in [0, 0.05) is 46.2 Å². The molecule has 4 aromatic rings. The highest BCUT2D eigenvalue weighted by molar-refractivity contribution is 6.12. The molecule has 7 rings (SSSR count). The normalized spacial score (nSPS) is 28.4. The van der Waals surface area contributed by atoms with Crippen LogP contribution in [0.15, 0.2) is 65.4 Å². The van der Waals surface area contributed by atoms with Crippen LogP contribution in [0, 0.1) is 0 Å². The molecular formula is C27H26ClN3O3. The lowest BCUT2D eigenvalue weighted by atomic mass is 9.82. The van der Waals surface area contributed by atoms with E-state index >= 15 is 0 Å². The number of furan rings is 1. The average Bonchev–Trinajstić information content (AvgIpc) is 3.58. The highest BCUT2D eigenvalue weighted by Gasteiger charge is 2.46. The summed E-state index contributed by atoms with van der Waals surface area (Å²) in [6, 6.07) is 17.5. The zero-order chi connectivity index (χ0) is 22.1. The van der Waals surface area contributed by atoms with Crippen molar-refractivity contribution in [2.75, 3.05) is 0 Å². The summed E-state index contributed by atoms with van der Waals surface area (Å²) in [6.07, 6.45) is 8.45. The molecule has 3 aliphatic heterocycles. The molecule has 6 nitrogen and oxygen atoms in total. The van der Waals surface area contributed by atoms with E-state index in [-0.39, 0.29) is 24.2 Å². The monoisotopic (exact) mass is 475 g/mol. The number of rotatable bonds is 3. The van der Waals surface area contributed by atoms with Gasteiger partial charge in [0.25, 0.3) is 0 Å². The Labute approximate surface area is 203 Å². The predicted octanol–water partition coefficient (Wildman–Crippen LogP) is 4.79. The molecule has 34 heavy (non-hydrogen) atoms. The van der Waals surface area contributed by atoms with Gasteiger partial charge in [-0.05, 0) is 43.4 Å². The topological polar surface area (TPSA) is 76.3 Å². The zero-order valence-electron chi connectivity index (χ0n) is 18.6. The van der Waals surface area contributed by atoms with Crippen LogP contribution in [0.3, 0.4) is 0 Å².